The lowest BCUT2D eigenvalue weighted by Crippen LogP contribution is -2.04. The molecule has 1 atom stereocenters. The summed E-state index contributed by atoms with van der Waals surface area (Å²) in [5.41, 5.74) is 7.98. The zero-order valence-corrected chi connectivity index (χ0v) is 7.97. The highest BCUT2D eigenvalue weighted by Gasteiger charge is 1.97. The molecule has 1 rings (SSSR count). The van der Waals surface area contributed by atoms with Crippen molar-refractivity contribution in [3.8, 4) is 0 Å². The SMILES string of the molecule is C=Cc1cccc([C@@H](C)N)c1.Cl. The maximum Gasteiger partial charge on any atom is 0.0266 e. The van der Waals surface area contributed by atoms with Crippen molar-refractivity contribution in [2.75, 3.05) is 0 Å². The molecule has 0 aliphatic carbocycles. The van der Waals surface area contributed by atoms with Crippen LogP contribution in [0.4, 0.5) is 0 Å². The van der Waals surface area contributed by atoms with Gasteiger partial charge >= 0.3 is 0 Å². The van der Waals surface area contributed by atoms with E-state index in [0.717, 1.165) is 11.1 Å². The van der Waals surface area contributed by atoms with Crippen LogP contribution in [-0.2, 0) is 0 Å². The Morgan fingerprint density at radius 3 is 2.67 bits per heavy atom. The summed E-state index contributed by atoms with van der Waals surface area (Å²) >= 11 is 0. The van der Waals surface area contributed by atoms with Gasteiger partial charge in [-0.25, -0.2) is 0 Å². The van der Waals surface area contributed by atoms with Crippen LogP contribution in [0.15, 0.2) is 30.8 Å². The lowest BCUT2D eigenvalue weighted by Gasteiger charge is -2.05. The Labute approximate surface area is 79.7 Å². The molecule has 66 valence electrons. The van der Waals surface area contributed by atoms with Crippen molar-refractivity contribution in [2.45, 2.75) is 13.0 Å². The van der Waals surface area contributed by atoms with Gasteiger partial charge in [0.1, 0.15) is 0 Å². The third kappa shape index (κ3) is 2.68. The van der Waals surface area contributed by atoms with Crippen LogP contribution >= 0.6 is 12.4 Å². The molecule has 1 nitrogen and oxygen atoms in total. The molecule has 1 aromatic rings. The van der Waals surface area contributed by atoms with Gasteiger partial charge in [-0.3, -0.25) is 0 Å². The molecule has 0 saturated heterocycles. The number of hydrogen-bond donors (Lipinski definition) is 1. The maximum atomic E-state index is 5.70. The smallest absolute Gasteiger partial charge is 0.0266 e. The van der Waals surface area contributed by atoms with Crippen molar-refractivity contribution >= 4 is 18.5 Å². The fourth-order valence-corrected chi connectivity index (χ4v) is 0.969. The fraction of sp³-hybridized carbons (Fsp3) is 0.200. The quantitative estimate of drug-likeness (QED) is 0.750. The van der Waals surface area contributed by atoms with Crippen LogP contribution in [0.1, 0.15) is 24.1 Å². The zero-order valence-electron chi connectivity index (χ0n) is 7.16. The Kier molecular flexibility index (Phi) is 4.64. The third-order valence-corrected chi connectivity index (χ3v) is 1.67. The van der Waals surface area contributed by atoms with Crippen molar-refractivity contribution in [1.82, 2.24) is 0 Å². The van der Waals surface area contributed by atoms with E-state index in [1.807, 2.05) is 31.2 Å². The van der Waals surface area contributed by atoms with Gasteiger partial charge in [0.2, 0.25) is 0 Å². The van der Waals surface area contributed by atoms with Crippen molar-refractivity contribution in [2.24, 2.45) is 5.73 Å². The summed E-state index contributed by atoms with van der Waals surface area (Å²) in [5.74, 6) is 0. The molecule has 0 heterocycles. The minimum absolute atomic E-state index is 0. The molecule has 0 aliphatic heterocycles. The lowest BCUT2D eigenvalue weighted by atomic mass is 10.1. The first kappa shape index (κ1) is 11.2. The molecular formula is C10H14ClN. The minimum atomic E-state index is 0. The van der Waals surface area contributed by atoms with Crippen LogP contribution in [0, 0.1) is 0 Å². The Bertz CT molecular complexity index is 256. The van der Waals surface area contributed by atoms with E-state index in [1.54, 1.807) is 0 Å². The summed E-state index contributed by atoms with van der Waals surface area (Å²) in [6.45, 7) is 5.66. The van der Waals surface area contributed by atoms with E-state index in [9.17, 15) is 0 Å². The second kappa shape index (κ2) is 4.96. The monoisotopic (exact) mass is 183 g/mol. The lowest BCUT2D eigenvalue weighted by molar-refractivity contribution is 0.818. The Morgan fingerprint density at radius 1 is 1.50 bits per heavy atom. The molecule has 0 saturated carbocycles. The average Bonchev–Trinajstić information content (AvgIpc) is 2.05. The van der Waals surface area contributed by atoms with Crippen molar-refractivity contribution in [3.05, 3.63) is 42.0 Å². The van der Waals surface area contributed by atoms with Gasteiger partial charge < -0.3 is 5.73 Å². The molecular weight excluding hydrogens is 170 g/mol. The van der Waals surface area contributed by atoms with Crippen LogP contribution < -0.4 is 5.73 Å². The van der Waals surface area contributed by atoms with E-state index < -0.39 is 0 Å². The van der Waals surface area contributed by atoms with Gasteiger partial charge in [-0.2, -0.15) is 0 Å². The summed E-state index contributed by atoms with van der Waals surface area (Å²) in [7, 11) is 0. The number of rotatable bonds is 2. The summed E-state index contributed by atoms with van der Waals surface area (Å²) in [6, 6.07) is 8.19. The van der Waals surface area contributed by atoms with Gasteiger partial charge in [-0.1, -0.05) is 36.9 Å². The third-order valence-electron chi connectivity index (χ3n) is 1.67. The van der Waals surface area contributed by atoms with Gasteiger partial charge in [0.25, 0.3) is 0 Å². The van der Waals surface area contributed by atoms with Crippen LogP contribution in [0.3, 0.4) is 0 Å². The molecule has 12 heavy (non-hydrogen) atoms. The van der Waals surface area contributed by atoms with Gasteiger partial charge in [-0.15, -0.1) is 12.4 Å². The topological polar surface area (TPSA) is 26.0 Å². The maximum absolute atomic E-state index is 5.70. The fourth-order valence-electron chi connectivity index (χ4n) is 0.969. The first-order valence-corrected chi connectivity index (χ1v) is 3.72. The highest BCUT2D eigenvalue weighted by molar-refractivity contribution is 5.85. The molecule has 0 bridgehead atoms. The number of hydrogen-bond acceptors (Lipinski definition) is 1. The number of halogens is 1. The Hall–Kier alpha value is -0.790. The van der Waals surface area contributed by atoms with E-state index in [-0.39, 0.29) is 18.4 Å². The van der Waals surface area contributed by atoms with Crippen molar-refractivity contribution in [1.29, 1.82) is 0 Å². The number of nitrogens with two attached hydrogens (primary N) is 1. The van der Waals surface area contributed by atoms with Gasteiger partial charge in [0, 0.05) is 6.04 Å². The van der Waals surface area contributed by atoms with Crippen LogP contribution in [-0.4, -0.2) is 0 Å². The summed E-state index contributed by atoms with van der Waals surface area (Å²) < 4.78 is 0. The van der Waals surface area contributed by atoms with E-state index in [1.165, 1.54) is 0 Å². The minimum Gasteiger partial charge on any atom is -0.324 e. The van der Waals surface area contributed by atoms with Gasteiger partial charge in [0.15, 0.2) is 0 Å². The van der Waals surface area contributed by atoms with Crippen LogP contribution in [0.2, 0.25) is 0 Å². The molecule has 0 fully saturated rings. The van der Waals surface area contributed by atoms with Crippen molar-refractivity contribution < 1.29 is 0 Å². The first-order chi connectivity index (χ1) is 5.24. The van der Waals surface area contributed by atoms with Crippen molar-refractivity contribution in [3.63, 3.8) is 0 Å². The van der Waals surface area contributed by atoms with Gasteiger partial charge in [-0.05, 0) is 18.1 Å². The molecule has 0 spiro atoms. The van der Waals surface area contributed by atoms with E-state index >= 15 is 0 Å². The molecule has 2 heteroatoms. The largest absolute Gasteiger partial charge is 0.324 e. The molecule has 0 amide bonds. The van der Waals surface area contributed by atoms with E-state index in [4.69, 9.17) is 5.73 Å². The first-order valence-electron chi connectivity index (χ1n) is 3.72. The highest BCUT2D eigenvalue weighted by atomic mass is 35.5. The predicted molar refractivity (Wildman–Crippen MR) is 56.4 cm³/mol. The Balaban J connectivity index is 0.00000121. The average molecular weight is 184 g/mol. The molecule has 1 aromatic carbocycles. The number of benzene rings is 1. The van der Waals surface area contributed by atoms with Gasteiger partial charge in [0.05, 0.1) is 0 Å². The molecule has 0 unspecified atom stereocenters. The Morgan fingerprint density at radius 2 is 2.17 bits per heavy atom. The summed E-state index contributed by atoms with van der Waals surface area (Å²) in [4.78, 5) is 0. The molecule has 0 aromatic heterocycles. The molecule has 0 aliphatic rings. The second-order valence-corrected chi connectivity index (χ2v) is 2.66. The second-order valence-electron chi connectivity index (χ2n) is 2.66. The van der Waals surface area contributed by atoms with Crippen LogP contribution in [0.25, 0.3) is 6.08 Å². The molecule has 0 radical (unpaired) electrons. The van der Waals surface area contributed by atoms with Crippen LogP contribution in [0.5, 0.6) is 0 Å². The summed E-state index contributed by atoms with van der Waals surface area (Å²) in [5, 5.41) is 0. The molecule has 2 N–H and O–H groups in total. The standard InChI is InChI=1S/C10H13N.ClH/c1-3-9-5-4-6-10(7-9)8(2)11;/h3-8H,1,11H2,2H3;1H/t8-;/m1./s1. The summed E-state index contributed by atoms with van der Waals surface area (Å²) in [6.07, 6.45) is 1.83. The zero-order chi connectivity index (χ0) is 8.27. The van der Waals surface area contributed by atoms with E-state index in [2.05, 4.69) is 12.6 Å². The predicted octanol–water partition coefficient (Wildman–Crippen LogP) is 2.77. The highest BCUT2D eigenvalue weighted by Crippen LogP contribution is 2.11. The normalized spacial score (nSPS) is 11.5. The van der Waals surface area contributed by atoms with E-state index in [0.29, 0.717) is 0 Å².